The first-order chi connectivity index (χ1) is 47.9. The number of esters is 4. The van der Waals surface area contributed by atoms with Crippen LogP contribution < -0.4 is 0 Å². The van der Waals surface area contributed by atoms with E-state index in [2.05, 4.69) is 41.5 Å². The fraction of sp³-hybridized carbons (Fsp3) is 0.950. The van der Waals surface area contributed by atoms with Crippen molar-refractivity contribution in [3.63, 3.8) is 0 Å². The van der Waals surface area contributed by atoms with Crippen LogP contribution in [0.2, 0.25) is 0 Å². The molecule has 0 aliphatic carbocycles. The van der Waals surface area contributed by atoms with Crippen LogP contribution in [-0.4, -0.2) is 96.7 Å². The number of ether oxygens (including phenoxy) is 4. The van der Waals surface area contributed by atoms with Gasteiger partial charge in [-0.2, -0.15) is 0 Å². The molecule has 0 aliphatic heterocycles. The number of hydrogen-bond acceptors (Lipinski definition) is 15. The summed E-state index contributed by atoms with van der Waals surface area (Å²) < 4.78 is 68.6. The smallest absolute Gasteiger partial charge is 0.462 e. The molecule has 0 rings (SSSR count). The molecule has 6 atom stereocenters. The maximum atomic E-state index is 13.1. The fourth-order valence-electron chi connectivity index (χ4n) is 12.3. The SMILES string of the molecule is CCCCCCCCCCCCCCCCCCCCCCCC(=O)O[C@H](COC(=O)CCCCCCCCCCCCCCCCCCC(C)C)COP(=O)(O)OC[C@@H](O)COP(=O)(O)OC[C@@H](COC(=O)CCCCCCCCCCC)OC(=O)CCCCCCCCC(C)CC. The van der Waals surface area contributed by atoms with Gasteiger partial charge in [0.25, 0.3) is 0 Å². The zero-order valence-electron chi connectivity index (χ0n) is 64.8. The topological polar surface area (TPSA) is 237 Å². The quantitative estimate of drug-likeness (QED) is 0.0222. The third kappa shape index (κ3) is 72.8. The van der Waals surface area contributed by atoms with Crippen LogP contribution in [0.5, 0.6) is 0 Å². The van der Waals surface area contributed by atoms with Gasteiger partial charge in [-0.05, 0) is 37.5 Å². The average molecular weight is 1450 g/mol. The number of phosphoric ester groups is 2. The second-order valence-electron chi connectivity index (χ2n) is 29.5. The summed E-state index contributed by atoms with van der Waals surface area (Å²) in [4.78, 5) is 72.8. The summed E-state index contributed by atoms with van der Waals surface area (Å²) in [7, 11) is -9.91. The van der Waals surface area contributed by atoms with Crippen molar-refractivity contribution in [2.75, 3.05) is 39.6 Å². The van der Waals surface area contributed by atoms with Crippen molar-refractivity contribution >= 4 is 39.5 Å². The van der Waals surface area contributed by atoms with Gasteiger partial charge in [0.2, 0.25) is 0 Å². The molecule has 0 amide bonds. The van der Waals surface area contributed by atoms with E-state index in [9.17, 15) is 43.2 Å². The van der Waals surface area contributed by atoms with Gasteiger partial charge < -0.3 is 33.8 Å². The lowest BCUT2D eigenvalue weighted by Gasteiger charge is -2.21. The van der Waals surface area contributed by atoms with Gasteiger partial charge in [-0.25, -0.2) is 9.13 Å². The normalized spacial score (nSPS) is 14.2. The molecular weight excluding hydrogens is 1290 g/mol. The molecule has 3 N–H and O–H groups in total. The number of carbonyl (C=O) groups excluding carboxylic acids is 4. The van der Waals surface area contributed by atoms with Crippen molar-refractivity contribution in [2.24, 2.45) is 11.8 Å². The van der Waals surface area contributed by atoms with E-state index >= 15 is 0 Å². The third-order valence-electron chi connectivity index (χ3n) is 19.1. The van der Waals surface area contributed by atoms with Crippen molar-refractivity contribution < 1.29 is 80.2 Å². The number of aliphatic hydroxyl groups excluding tert-OH is 1. The standard InChI is InChI=1S/C80H156O17P2/c1-7-10-12-14-16-18-19-20-21-22-23-24-25-26-31-34-37-41-45-52-58-64-79(84)96-75(68-91-78(83)63-57-51-44-40-36-33-30-28-27-29-32-35-39-42-48-54-60-72(4)5)70-94-98(86,87)92-66-74(81)67-93-99(88,89)95-71-76(69-90-77(82)62-56-50-43-38-17-15-13-11-8-2)97-80(85)65-59-53-47-46-49-55-61-73(6)9-3/h72-76,81H,7-71H2,1-6H3,(H,86,87)(H,88,89)/t73?,74-,75-,76-/m1/s1. The summed E-state index contributed by atoms with van der Waals surface area (Å²) in [5.41, 5.74) is 0. The number of rotatable bonds is 79. The van der Waals surface area contributed by atoms with Gasteiger partial charge in [-0.15, -0.1) is 0 Å². The minimum atomic E-state index is -4.96. The van der Waals surface area contributed by atoms with E-state index < -0.39 is 97.5 Å². The Kier molecular flexibility index (Phi) is 70.3. The van der Waals surface area contributed by atoms with Crippen LogP contribution in [-0.2, 0) is 65.4 Å². The molecule has 99 heavy (non-hydrogen) atoms. The molecule has 0 aromatic rings. The Bertz CT molecular complexity index is 1910. The average Bonchev–Trinajstić information content (AvgIpc) is 0.991. The summed E-state index contributed by atoms with van der Waals surface area (Å²) >= 11 is 0. The maximum absolute atomic E-state index is 13.1. The Morgan fingerprint density at radius 3 is 0.768 bits per heavy atom. The summed E-state index contributed by atoms with van der Waals surface area (Å²) in [5, 5.41) is 10.6. The lowest BCUT2D eigenvalue weighted by atomic mass is 10.00. The van der Waals surface area contributed by atoms with Crippen molar-refractivity contribution in [3.05, 3.63) is 0 Å². The van der Waals surface area contributed by atoms with Crippen LogP contribution in [0.25, 0.3) is 0 Å². The van der Waals surface area contributed by atoms with E-state index in [1.807, 2.05) is 0 Å². The summed E-state index contributed by atoms with van der Waals surface area (Å²) in [6, 6.07) is 0. The zero-order chi connectivity index (χ0) is 72.8. The van der Waals surface area contributed by atoms with Gasteiger partial charge >= 0.3 is 39.5 Å². The summed E-state index contributed by atoms with van der Waals surface area (Å²) in [6.07, 6.45) is 61.3. The molecule has 0 aromatic carbocycles. The highest BCUT2D eigenvalue weighted by atomic mass is 31.2. The Labute approximate surface area is 607 Å². The minimum absolute atomic E-state index is 0.103. The van der Waals surface area contributed by atoms with Gasteiger partial charge in [0.1, 0.15) is 19.3 Å². The molecule has 17 nitrogen and oxygen atoms in total. The molecule has 0 heterocycles. The van der Waals surface area contributed by atoms with Crippen LogP contribution >= 0.6 is 15.6 Å². The second kappa shape index (κ2) is 71.7. The molecule has 0 radical (unpaired) electrons. The molecule has 0 aliphatic rings. The van der Waals surface area contributed by atoms with Crippen LogP contribution in [0.3, 0.4) is 0 Å². The first-order valence-electron chi connectivity index (χ1n) is 41.5. The summed E-state index contributed by atoms with van der Waals surface area (Å²) in [5.74, 6) is -0.583. The van der Waals surface area contributed by atoms with Gasteiger partial charge in [0, 0.05) is 25.7 Å². The van der Waals surface area contributed by atoms with Crippen LogP contribution in [0.4, 0.5) is 0 Å². The van der Waals surface area contributed by atoms with Crippen molar-refractivity contribution in [2.45, 2.75) is 439 Å². The molecule has 0 saturated heterocycles. The molecular formula is C80H156O17P2. The predicted octanol–water partition coefficient (Wildman–Crippen LogP) is 23.9. The fourth-order valence-corrected chi connectivity index (χ4v) is 13.9. The molecule has 0 saturated carbocycles. The van der Waals surface area contributed by atoms with Gasteiger partial charge in [0.05, 0.1) is 26.4 Å². The molecule has 19 heteroatoms. The highest BCUT2D eigenvalue weighted by Gasteiger charge is 2.30. The van der Waals surface area contributed by atoms with E-state index in [4.69, 9.17) is 37.0 Å². The first-order valence-corrected chi connectivity index (χ1v) is 44.5. The lowest BCUT2D eigenvalue weighted by molar-refractivity contribution is -0.161. The number of hydrogen-bond donors (Lipinski definition) is 3. The first kappa shape index (κ1) is 97.1. The maximum Gasteiger partial charge on any atom is 0.472 e. The zero-order valence-corrected chi connectivity index (χ0v) is 66.6. The number of unbranched alkanes of at least 4 members (excludes halogenated alkanes) is 48. The highest BCUT2D eigenvalue weighted by molar-refractivity contribution is 7.47. The van der Waals surface area contributed by atoms with Gasteiger partial charge in [0.15, 0.2) is 12.2 Å². The van der Waals surface area contributed by atoms with Crippen molar-refractivity contribution in [1.82, 2.24) is 0 Å². The van der Waals surface area contributed by atoms with E-state index in [1.54, 1.807) is 0 Å². The van der Waals surface area contributed by atoms with Crippen molar-refractivity contribution in [3.8, 4) is 0 Å². The predicted molar refractivity (Wildman–Crippen MR) is 405 cm³/mol. The van der Waals surface area contributed by atoms with Crippen LogP contribution in [0.1, 0.15) is 420 Å². The minimum Gasteiger partial charge on any atom is -0.462 e. The number of phosphoric acid groups is 2. The van der Waals surface area contributed by atoms with E-state index in [0.717, 1.165) is 102 Å². The van der Waals surface area contributed by atoms with Crippen molar-refractivity contribution in [1.29, 1.82) is 0 Å². The Balaban J connectivity index is 5.18. The number of carbonyl (C=O) groups is 4. The van der Waals surface area contributed by atoms with E-state index in [1.165, 1.54) is 238 Å². The Morgan fingerprint density at radius 1 is 0.293 bits per heavy atom. The second-order valence-corrected chi connectivity index (χ2v) is 32.4. The Morgan fingerprint density at radius 2 is 0.515 bits per heavy atom. The lowest BCUT2D eigenvalue weighted by Crippen LogP contribution is -2.30. The van der Waals surface area contributed by atoms with Crippen LogP contribution in [0.15, 0.2) is 0 Å². The molecule has 0 aromatic heterocycles. The highest BCUT2D eigenvalue weighted by Crippen LogP contribution is 2.45. The molecule has 588 valence electrons. The van der Waals surface area contributed by atoms with Crippen LogP contribution in [0, 0.1) is 11.8 Å². The monoisotopic (exact) mass is 1450 g/mol. The largest absolute Gasteiger partial charge is 0.472 e. The van der Waals surface area contributed by atoms with E-state index in [-0.39, 0.29) is 25.7 Å². The summed E-state index contributed by atoms with van der Waals surface area (Å²) in [6.45, 7) is 9.58. The molecule has 0 bridgehead atoms. The van der Waals surface area contributed by atoms with Gasteiger partial charge in [-0.3, -0.25) is 37.3 Å². The third-order valence-corrected chi connectivity index (χ3v) is 21.0. The molecule has 0 fully saturated rings. The molecule has 3 unspecified atom stereocenters. The van der Waals surface area contributed by atoms with Gasteiger partial charge in [-0.1, -0.05) is 369 Å². The molecule has 0 spiro atoms. The van der Waals surface area contributed by atoms with E-state index in [0.29, 0.717) is 25.7 Å². The Hall–Kier alpha value is -1.94. The number of aliphatic hydroxyl groups is 1.